The Balaban J connectivity index is 1.83. The Hall–Kier alpha value is -2.54. The molecule has 0 fully saturated rings. The number of nitrogens with one attached hydrogen (secondary N) is 2. The molecule has 0 saturated carbocycles. The molecular formula is C15H12BrN3O3. The summed E-state index contributed by atoms with van der Waals surface area (Å²) in [5.74, 6) is 1.71. The summed E-state index contributed by atoms with van der Waals surface area (Å²) in [6, 6.07) is 13.0. The van der Waals surface area contributed by atoms with Crippen LogP contribution in [0.3, 0.4) is 0 Å². The molecule has 0 bridgehead atoms. The molecule has 2 aromatic carbocycles. The van der Waals surface area contributed by atoms with E-state index in [1.807, 2.05) is 36.4 Å². The van der Waals surface area contributed by atoms with Crippen LogP contribution in [0.25, 0.3) is 11.0 Å². The van der Waals surface area contributed by atoms with Crippen LogP contribution in [0.15, 0.2) is 46.9 Å². The number of ether oxygens (including phenoxy) is 2. The molecule has 0 atom stereocenters. The number of aromatic amines is 1. The van der Waals surface area contributed by atoms with E-state index in [0.29, 0.717) is 17.2 Å². The lowest BCUT2D eigenvalue weighted by Crippen LogP contribution is -2.11. The number of hydrogen-bond donors (Lipinski definition) is 2. The van der Waals surface area contributed by atoms with E-state index in [2.05, 4.69) is 36.0 Å². The number of carbonyl (C=O) groups excluding carboxylic acids is 1. The first-order valence-electron chi connectivity index (χ1n) is 6.42. The van der Waals surface area contributed by atoms with Gasteiger partial charge < -0.3 is 14.5 Å². The van der Waals surface area contributed by atoms with Gasteiger partial charge in [-0.3, -0.25) is 5.32 Å². The number of imidazole rings is 1. The summed E-state index contributed by atoms with van der Waals surface area (Å²) in [5.41, 5.74) is 1.47. The van der Waals surface area contributed by atoms with E-state index in [1.54, 1.807) is 6.07 Å². The van der Waals surface area contributed by atoms with E-state index in [-0.39, 0.29) is 0 Å². The summed E-state index contributed by atoms with van der Waals surface area (Å²) in [5, 5.41) is 2.48. The van der Waals surface area contributed by atoms with Crippen LogP contribution in [0.2, 0.25) is 0 Å². The predicted octanol–water partition coefficient (Wildman–Crippen LogP) is 4.30. The third-order valence-corrected chi connectivity index (χ3v) is 3.44. The fraction of sp³-hybridized carbons (Fsp3) is 0.0667. The fourth-order valence-electron chi connectivity index (χ4n) is 1.89. The number of benzene rings is 2. The molecule has 1 amide bonds. The molecule has 1 heterocycles. The van der Waals surface area contributed by atoms with Gasteiger partial charge in [-0.15, -0.1) is 0 Å². The number of halogens is 1. The van der Waals surface area contributed by atoms with Gasteiger partial charge in [-0.25, -0.2) is 9.78 Å². The number of anilines is 1. The lowest BCUT2D eigenvalue weighted by atomic mass is 10.3. The van der Waals surface area contributed by atoms with Crippen molar-refractivity contribution in [3.8, 4) is 11.5 Å². The van der Waals surface area contributed by atoms with Crippen LogP contribution in [0.4, 0.5) is 10.7 Å². The molecule has 0 unspecified atom stereocenters. The highest BCUT2D eigenvalue weighted by Crippen LogP contribution is 2.26. The average molecular weight is 362 g/mol. The maximum Gasteiger partial charge on any atom is 0.413 e. The molecule has 6 nitrogen and oxygen atoms in total. The minimum Gasteiger partial charge on any atom is -0.457 e. The molecule has 112 valence electrons. The first-order chi connectivity index (χ1) is 10.6. The van der Waals surface area contributed by atoms with Gasteiger partial charge in [0.05, 0.1) is 18.1 Å². The molecule has 0 aliphatic heterocycles. The number of nitrogens with zero attached hydrogens (tertiary/aromatic N) is 1. The molecule has 0 aliphatic carbocycles. The van der Waals surface area contributed by atoms with Crippen molar-refractivity contribution < 1.29 is 14.3 Å². The quantitative estimate of drug-likeness (QED) is 0.729. The van der Waals surface area contributed by atoms with Crippen LogP contribution >= 0.6 is 15.9 Å². The van der Waals surface area contributed by atoms with E-state index in [9.17, 15) is 4.79 Å². The molecule has 3 rings (SSSR count). The molecule has 0 saturated heterocycles. The molecule has 22 heavy (non-hydrogen) atoms. The van der Waals surface area contributed by atoms with E-state index >= 15 is 0 Å². The molecule has 2 N–H and O–H groups in total. The van der Waals surface area contributed by atoms with Crippen molar-refractivity contribution in [2.45, 2.75) is 0 Å². The number of H-pyrrole nitrogens is 1. The normalized spacial score (nSPS) is 10.5. The van der Waals surface area contributed by atoms with Gasteiger partial charge in [-0.05, 0) is 36.4 Å². The smallest absolute Gasteiger partial charge is 0.413 e. The molecule has 0 aliphatic rings. The monoisotopic (exact) mass is 361 g/mol. The zero-order valence-corrected chi connectivity index (χ0v) is 13.2. The summed E-state index contributed by atoms with van der Waals surface area (Å²) in [6.45, 7) is 0. The van der Waals surface area contributed by atoms with Crippen LogP contribution in [0, 0.1) is 0 Å². The van der Waals surface area contributed by atoms with Gasteiger partial charge >= 0.3 is 6.09 Å². The number of carbonyl (C=O) groups is 1. The number of aromatic nitrogens is 2. The summed E-state index contributed by atoms with van der Waals surface area (Å²) < 4.78 is 11.3. The maximum absolute atomic E-state index is 11.2. The highest BCUT2D eigenvalue weighted by atomic mass is 79.9. The summed E-state index contributed by atoms with van der Waals surface area (Å²) in [4.78, 5) is 18.4. The number of amides is 1. The van der Waals surface area contributed by atoms with E-state index < -0.39 is 6.09 Å². The largest absolute Gasteiger partial charge is 0.457 e. The second-order valence-corrected chi connectivity index (χ2v) is 5.35. The zero-order valence-electron chi connectivity index (χ0n) is 11.6. The van der Waals surface area contributed by atoms with Crippen molar-refractivity contribution in [3.05, 3.63) is 46.9 Å². The Morgan fingerprint density at radius 1 is 1.18 bits per heavy atom. The van der Waals surface area contributed by atoms with Crippen LogP contribution in [0.1, 0.15) is 0 Å². The van der Waals surface area contributed by atoms with Crippen molar-refractivity contribution >= 4 is 39.0 Å². The minimum absolute atomic E-state index is 0.322. The fourth-order valence-corrected chi connectivity index (χ4v) is 2.16. The molecule has 1 aromatic heterocycles. The van der Waals surface area contributed by atoms with Gasteiger partial charge in [0.25, 0.3) is 0 Å². The Labute approximate surface area is 134 Å². The second-order valence-electron chi connectivity index (χ2n) is 4.44. The number of methoxy groups -OCH3 is 1. The van der Waals surface area contributed by atoms with Gasteiger partial charge in [-0.2, -0.15) is 0 Å². The maximum atomic E-state index is 11.2. The average Bonchev–Trinajstić information content (AvgIpc) is 2.91. The van der Waals surface area contributed by atoms with Crippen molar-refractivity contribution in [1.29, 1.82) is 0 Å². The molecule has 0 radical (unpaired) electrons. The van der Waals surface area contributed by atoms with Gasteiger partial charge in [-0.1, -0.05) is 15.9 Å². The third-order valence-electron chi connectivity index (χ3n) is 2.91. The van der Waals surface area contributed by atoms with Gasteiger partial charge in [0.15, 0.2) is 0 Å². The third kappa shape index (κ3) is 3.20. The lowest BCUT2D eigenvalue weighted by Gasteiger charge is -2.05. The van der Waals surface area contributed by atoms with Gasteiger partial charge in [0.1, 0.15) is 11.5 Å². The number of rotatable bonds is 3. The summed E-state index contributed by atoms with van der Waals surface area (Å²) in [6.07, 6.45) is -0.578. The van der Waals surface area contributed by atoms with Crippen LogP contribution < -0.4 is 10.1 Å². The molecule has 0 spiro atoms. The highest BCUT2D eigenvalue weighted by molar-refractivity contribution is 9.10. The first kappa shape index (κ1) is 14.4. The van der Waals surface area contributed by atoms with Crippen LogP contribution in [0.5, 0.6) is 11.5 Å². The lowest BCUT2D eigenvalue weighted by molar-refractivity contribution is 0.186. The van der Waals surface area contributed by atoms with E-state index in [4.69, 9.17) is 4.74 Å². The first-order valence-corrected chi connectivity index (χ1v) is 7.21. The highest BCUT2D eigenvalue weighted by Gasteiger charge is 2.08. The van der Waals surface area contributed by atoms with E-state index in [1.165, 1.54) is 7.11 Å². The Morgan fingerprint density at radius 2 is 1.91 bits per heavy atom. The van der Waals surface area contributed by atoms with Crippen molar-refractivity contribution in [2.24, 2.45) is 0 Å². The minimum atomic E-state index is -0.578. The van der Waals surface area contributed by atoms with Crippen LogP contribution in [-0.2, 0) is 4.74 Å². The number of hydrogen-bond acceptors (Lipinski definition) is 4. The van der Waals surface area contributed by atoms with Gasteiger partial charge in [0.2, 0.25) is 5.95 Å². The van der Waals surface area contributed by atoms with E-state index in [0.717, 1.165) is 15.7 Å². The second kappa shape index (κ2) is 6.07. The molecule has 3 aromatic rings. The molecule has 7 heteroatoms. The topological polar surface area (TPSA) is 76.2 Å². The van der Waals surface area contributed by atoms with Crippen molar-refractivity contribution in [2.75, 3.05) is 12.4 Å². The standard InChI is InChI=1S/C15H12BrN3O3/c1-21-15(20)19-14-17-12-7-6-11(8-13(12)18-14)22-10-4-2-9(16)3-5-10/h2-8H,1H3,(H2,17,18,19,20). The summed E-state index contributed by atoms with van der Waals surface area (Å²) in [7, 11) is 1.29. The number of fused-ring (bicyclic) bond motifs is 1. The zero-order chi connectivity index (χ0) is 15.5. The SMILES string of the molecule is COC(=O)Nc1nc2cc(Oc3ccc(Br)cc3)ccc2[nH]1. The predicted molar refractivity (Wildman–Crippen MR) is 86.3 cm³/mol. The van der Waals surface area contributed by atoms with Gasteiger partial charge in [0, 0.05) is 10.5 Å². The van der Waals surface area contributed by atoms with Crippen molar-refractivity contribution in [1.82, 2.24) is 9.97 Å². The van der Waals surface area contributed by atoms with Crippen LogP contribution in [-0.4, -0.2) is 23.2 Å². The Morgan fingerprint density at radius 3 is 2.64 bits per heavy atom. The molecular weight excluding hydrogens is 350 g/mol. The Bertz CT molecular complexity index is 815. The Kier molecular flexibility index (Phi) is 3.97. The summed E-state index contributed by atoms with van der Waals surface area (Å²) >= 11 is 3.38. The van der Waals surface area contributed by atoms with Crippen molar-refractivity contribution in [3.63, 3.8) is 0 Å².